The third-order valence-electron chi connectivity index (χ3n) is 3.40. The van der Waals surface area contributed by atoms with Gasteiger partial charge in [0.15, 0.2) is 0 Å². The first-order valence-corrected chi connectivity index (χ1v) is 6.01. The van der Waals surface area contributed by atoms with E-state index in [-0.39, 0.29) is 17.4 Å². The van der Waals surface area contributed by atoms with Crippen molar-refractivity contribution in [2.45, 2.75) is 32.3 Å². The van der Waals surface area contributed by atoms with Gasteiger partial charge in [-0.2, -0.15) is 0 Å². The lowest BCUT2D eigenvalue weighted by molar-refractivity contribution is -0.142. The Bertz CT molecular complexity index is 245. The Morgan fingerprint density at radius 3 is 2.88 bits per heavy atom. The van der Waals surface area contributed by atoms with Gasteiger partial charge in [0.25, 0.3) is 0 Å². The molecule has 0 radical (unpaired) electrons. The Labute approximate surface area is 98.3 Å². The van der Waals surface area contributed by atoms with Crippen LogP contribution in [0.5, 0.6) is 0 Å². The number of carbonyl (C=O) groups excluding carboxylic acids is 1. The summed E-state index contributed by atoms with van der Waals surface area (Å²) in [6.45, 7) is 6.37. The topological polar surface area (TPSA) is 41.6 Å². The molecule has 4 nitrogen and oxygen atoms in total. The van der Waals surface area contributed by atoms with Crippen LogP contribution in [0, 0.1) is 5.92 Å². The van der Waals surface area contributed by atoms with Crippen LogP contribution >= 0.6 is 0 Å². The van der Waals surface area contributed by atoms with E-state index in [0.717, 1.165) is 32.5 Å². The highest BCUT2D eigenvalue weighted by molar-refractivity contribution is 5.78. The monoisotopic (exact) mass is 228 g/mol. The van der Waals surface area contributed by atoms with Gasteiger partial charge in [0, 0.05) is 32.7 Å². The molecule has 4 heteroatoms. The molecular weight excluding hydrogens is 204 g/mol. The summed E-state index contributed by atoms with van der Waals surface area (Å²) in [6, 6.07) is 0. The Balaban J connectivity index is 2.56. The number of hydrogen-bond acceptors (Lipinski definition) is 3. The Morgan fingerprint density at radius 1 is 1.62 bits per heavy atom. The van der Waals surface area contributed by atoms with Gasteiger partial charge in [0.2, 0.25) is 5.91 Å². The van der Waals surface area contributed by atoms with Crippen LogP contribution in [0.15, 0.2) is 0 Å². The molecule has 1 amide bonds. The molecule has 1 aliphatic heterocycles. The van der Waals surface area contributed by atoms with E-state index in [2.05, 4.69) is 12.2 Å². The Hall–Kier alpha value is -0.610. The molecule has 1 aliphatic rings. The number of ether oxygens (including phenoxy) is 1. The van der Waals surface area contributed by atoms with E-state index >= 15 is 0 Å². The molecule has 0 aliphatic carbocycles. The molecule has 1 fully saturated rings. The fourth-order valence-electron chi connectivity index (χ4n) is 2.27. The average molecular weight is 228 g/mol. The van der Waals surface area contributed by atoms with Crippen molar-refractivity contribution in [2.24, 2.45) is 5.92 Å². The van der Waals surface area contributed by atoms with E-state index in [4.69, 9.17) is 4.74 Å². The van der Waals surface area contributed by atoms with Crippen LogP contribution in [-0.2, 0) is 9.53 Å². The fourth-order valence-corrected chi connectivity index (χ4v) is 2.27. The number of likely N-dealkylation sites (tertiary alicyclic amines) is 1. The summed E-state index contributed by atoms with van der Waals surface area (Å²) in [7, 11) is 3.60. The van der Waals surface area contributed by atoms with Crippen molar-refractivity contribution >= 4 is 5.91 Å². The molecule has 0 aromatic carbocycles. The first-order chi connectivity index (χ1) is 7.52. The number of hydrogen-bond donors (Lipinski definition) is 1. The summed E-state index contributed by atoms with van der Waals surface area (Å²) >= 11 is 0. The van der Waals surface area contributed by atoms with Crippen LogP contribution in [0.3, 0.4) is 0 Å². The number of piperidine rings is 1. The second-order valence-corrected chi connectivity index (χ2v) is 4.98. The number of nitrogens with one attached hydrogen (secondary N) is 1. The predicted octanol–water partition coefficient (Wildman–Crippen LogP) is 0.869. The highest BCUT2D eigenvalue weighted by Gasteiger charge is 2.34. The smallest absolute Gasteiger partial charge is 0.226 e. The summed E-state index contributed by atoms with van der Waals surface area (Å²) in [4.78, 5) is 14.1. The largest absolute Gasteiger partial charge is 0.377 e. The van der Waals surface area contributed by atoms with Gasteiger partial charge in [-0.15, -0.1) is 0 Å². The van der Waals surface area contributed by atoms with E-state index in [9.17, 15) is 4.79 Å². The summed E-state index contributed by atoms with van der Waals surface area (Å²) in [5.74, 6) is 0.279. The molecule has 2 atom stereocenters. The molecule has 1 saturated heterocycles. The lowest BCUT2D eigenvalue weighted by Gasteiger charge is -2.40. The molecule has 2 unspecified atom stereocenters. The highest BCUT2D eigenvalue weighted by atomic mass is 16.5. The maximum atomic E-state index is 12.1. The minimum absolute atomic E-state index is 0.0456. The van der Waals surface area contributed by atoms with Gasteiger partial charge >= 0.3 is 0 Å². The van der Waals surface area contributed by atoms with Crippen LogP contribution < -0.4 is 5.32 Å². The van der Waals surface area contributed by atoms with Crippen molar-refractivity contribution in [3.63, 3.8) is 0 Å². The Kier molecular flexibility index (Phi) is 4.74. The molecule has 0 saturated carbocycles. The molecule has 94 valence electrons. The lowest BCUT2D eigenvalue weighted by Crippen LogP contribution is -2.51. The number of nitrogens with zero attached hydrogens (tertiary/aromatic N) is 1. The summed E-state index contributed by atoms with van der Waals surface area (Å²) in [5.41, 5.74) is -0.159. The van der Waals surface area contributed by atoms with Crippen molar-refractivity contribution in [1.82, 2.24) is 10.2 Å². The number of amides is 1. The van der Waals surface area contributed by atoms with E-state index in [1.807, 2.05) is 18.9 Å². The number of rotatable bonds is 4. The van der Waals surface area contributed by atoms with Crippen LogP contribution in [-0.4, -0.2) is 50.2 Å². The van der Waals surface area contributed by atoms with E-state index < -0.39 is 0 Å². The zero-order valence-corrected chi connectivity index (χ0v) is 10.9. The van der Waals surface area contributed by atoms with E-state index in [1.165, 1.54) is 0 Å². The van der Waals surface area contributed by atoms with Gasteiger partial charge in [-0.3, -0.25) is 4.79 Å². The van der Waals surface area contributed by atoms with Crippen molar-refractivity contribution < 1.29 is 9.53 Å². The maximum Gasteiger partial charge on any atom is 0.226 e. The standard InChI is InChI=1S/C12H24N2O2/c1-10(8-13-3)11(15)14-7-5-6-12(2,9-14)16-4/h10,13H,5-9H2,1-4H3. The highest BCUT2D eigenvalue weighted by Crippen LogP contribution is 2.24. The minimum atomic E-state index is -0.159. The first-order valence-electron chi connectivity index (χ1n) is 6.01. The van der Waals surface area contributed by atoms with Crippen LogP contribution in [0.2, 0.25) is 0 Å². The van der Waals surface area contributed by atoms with E-state index in [0.29, 0.717) is 0 Å². The van der Waals surface area contributed by atoms with Gasteiger partial charge in [-0.1, -0.05) is 6.92 Å². The molecule has 1 rings (SSSR count). The zero-order valence-electron chi connectivity index (χ0n) is 10.9. The van der Waals surface area contributed by atoms with Crippen molar-refractivity contribution in [3.05, 3.63) is 0 Å². The van der Waals surface area contributed by atoms with Gasteiger partial charge in [0.1, 0.15) is 0 Å². The van der Waals surface area contributed by atoms with Crippen molar-refractivity contribution in [1.29, 1.82) is 0 Å². The third-order valence-corrected chi connectivity index (χ3v) is 3.40. The molecule has 0 bridgehead atoms. The van der Waals surface area contributed by atoms with Crippen molar-refractivity contribution in [2.75, 3.05) is 33.8 Å². The second-order valence-electron chi connectivity index (χ2n) is 4.98. The molecule has 0 spiro atoms. The summed E-state index contributed by atoms with van der Waals surface area (Å²) in [5, 5.41) is 3.04. The SMILES string of the molecule is CNCC(C)C(=O)N1CCCC(C)(OC)C1. The quantitative estimate of drug-likeness (QED) is 0.776. The molecule has 1 heterocycles. The second kappa shape index (κ2) is 5.64. The minimum Gasteiger partial charge on any atom is -0.377 e. The van der Waals surface area contributed by atoms with Gasteiger partial charge in [-0.05, 0) is 26.8 Å². The van der Waals surface area contributed by atoms with Gasteiger partial charge < -0.3 is 15.0 Å². The van der Waals surface area contributed by atoms with Crippen LogP contribution in [0.4, 0.5) is 0 Å². The number of carbonyl (C=O) groups is 1. The zero-order chi connectivity index (χ0) is 12.2. The van der Waals surface area contributed by atoms with Crippen LogP contribution in [0.25, 0.3) is 0 Å². The molecule has 0 aromatic rings. The maximum absolute atomic E-state index is 12.1. The van der Waals surface area contributed by atoms with E-state index in [1.54, 1.807) is 7.11 Å². The van der Waals surface area contributed by atoms with Crippen molar-refractivity contribution in [3.8, 4) is 0 Å². The Morgan fingerprint density at radius 2 is 2.31 bits per heavy atom. The summed E-state index contributed by atoms with van der Waals surface area (Å²) < 4.78 is 5.49. The first kappa shape index (κ1) is 13.5. The van der Waals surface area contributed by atoms with Gasteiger partial charge in [-0.25, -0.2) is 0 Å². The molecule has 16 heavy (non-hydrogen) atoms. The molecular formula is C12H24N2O2. The molecule has 1 N–H and O–H groups in total. The number of methoxy groups -OCH3 is 1. The normalized spacial score (nSPS) is 27.9. The van der Waals surface area contributed by atoms with Crippen LogP contribution in [0.1, 0.15) is 26.7 Å². The van der Waals surface area contributed by atoms with Gasteiger partial charge in [0.05, 0.1) is 5.60 Å². The fraction of sp³-hybridized carbons (Fsp3) is 0.917. The third kappa shape index (κ3) is 3.19. The lowest BCUT2D eigenvalue weighted by atomic mass is 9.94. The average Bonchev–Trinajstić information content (AvgIpc) is 2.28. The predicted molar refractivity (Wildman–Crippen MR) is 64.3 cm³/mol. The molecule has 0 aromatic heterocycles. The summed E-state index contributed by atoms with van der Waals surface area (Å²) in [6.07, 6.45) is 2.07.